The molecule has 0 spiro atoms. The maximum atomic E-state index is 11.5. The number of fused-ring (bicyclic) bond motifs is 1. The molecule has 1 amide bonds. The topological polar surface area (TPSA) is 80.1 Å². The van der Waals surface area contributed by atoms with Gasteiger partial charge in [-0.1, -0.05) is 30.3 Å². The van der Waals surface area contributed by atoms with Crippen molar-refractivity contribution in [1.29, 1.82) is 0 Å². The Labute approximate surface area is 139 Å². The summed E-state index contributed by atoms with van der Waals surface area (Å²) in [5, 5.41) is 7.18. The number of hydrogen-bond donors (Lipinski definition) is 2. The summed E-state index contributed by atoms with van der Waals surface area (Å²) in [5.74, 6) is 1.57. The number of benzene rings is 1. The minimum Gasteiger partial charge on any atom is -0.438 e. The molecule has 122 valence electrons. The number of aromatic nitrogens is 2. The van der Waals surface area contributed by atoms with E-state index in [0.717, 1.165) is 23.1 Å². The first kappa shape index (κ1) is 14.7. The number of nitrogens with one attached hydrogen (secondary N) is 2. The molecule has 1 fully saturated rings. The van der Waals surface area contributed by atoms with Crippen LogP contribution >= 0.6 is 0 Å². The standard InChI is InChI=1S/C18H18N4O2/c1-18(8-7-15(23)22-18)10-19-16-13-9-14(12-5-3-2-4-6-12)24-17(13)21-11-20-16/h2-6,9,11H,7-8,10H2,1H3,(H,22,23)(H,19,20,21). The average molecular weight is 322 g/mol. The van der Waals surface area contributed by atoms with Crippen molar-refractivity contribution in [3.8, 4) is 11.3 Å². The maximum Gasteiger partial charge on any atom is 0.231 e. The van der Waals surface area contributed by atoms with E-state index < -0.39 is 0 Å². The molecule has 2 aromatic heterocycles. The molecule has 2 N–H and O–H groups in total. The van der Waals surface area contributed by atoms with Gasteiger partial charge in [0.05, 0.1) is 10.9 Å². The van der Waals surface area contributed by atoms with Crippen molar-refractivity contribution in [1.82, 2.24) is 15.3 Å². The van der Waals surface area contributed by atoms with Crippen LogP contribution in [0.25, 0.3) is 22.4 Å². The molecule has 6 heteroatoms. The lowest BCUT2D eigenvalue weighted by atomic mass is 10.0. The molecule has 1 unspecified atom stereocenters. The molecule has 0 bridgehead atoms. The smallest absolute Gasteiger partial charge is 0.231 e. The first-order chi connectivity index (χ1) is 11.6. The molecule has 4 rings (SSSR count). The van der Waals surface area contributed by atoms with Gasteiger partial charge in [-0.15, -0.1) is 0 Å². The maximum absolute atomic E-state index is 11.5. The third-order valence-corrected chi connectivity index (χ3v) is 4.38. The SMILES string of the molecule is CC1(CNc2ncnc3oc(-c4ccccc4)cc23)CCC(=O)N1. The highest BCUT2D eigenvalue weighted by atomic mass is 16.3. The van der Waals surface area contributed by atoms with Crippen LogP contribution in [0.5, 0.6) is 0 Å². The third kappa shape index (κ3) is 2.71. The minimum absolute atomic E-state index is 0.0989. The second-order valence-electron chi connectivity index (χ2n) is 6.38. The highest BCUT2D eigenvalue weighted by Gasteiger charge is 2.32. The van der Waals surface area contributed by atoms with Crippen molar-refractivity contribution in [3.63, 3.8) is 0 Å². The van der Waals surface area contributed by atoms with Crippen LogP contribution < -0.4 is 10.6 Å². The number of anilines is 1. The summed E-state index contributed by atoms with van der Waals surface area (Å²) in [6.45, 7) is 2.64. The summed E-state index contributed by atoms with van der Waals surface area (Å²) >= 11 is 0. The van der Waals surface area contributed by atoms with Crippen LogP contribution in [-0.4, -0.2) is 28.0 Å². The van der Waals surface area contributed by atoms with Crippen molar-refractivity contribution < 1.29 is 9.21 Å². The second-order valence-corrected chi connectivity index (χ2v) is 6.38. The molecular formula is C18H18N4O2. The predicted octanol–water partition coefficient (Wildman–Crippen LogP) is 2.97. The van der Waals surface area contributed by atoms with Gasteiger partial charge in [0.2, 0.25) is 11.6 Å². The van der Waals surface area contributed by atoms with Gasteiger partial charge in [-0.25, -0.2) is 9.97 Å². The van der Waals surface area contributed by atoms with Crippen LogP contribution in [0.3, 0.4) is 0 Å². The summed E-state index contributed by atoms with van der Waals surface area (Å²) in [6.07, 6.45) is 2.87. The highest BCUT2D eigenvalue weighted by molar-refractivity contribution is 5.89. The summed E-state index contributed by atoms with van der Waals surface area (Å²) in [5.41, 5.74) is 1.30. The van der Waals surface area contributed by atoms with Crippen molar-refractivity contribution in [2.45, 2.75) is 25.3 Å². The van der Waals surface area contributed by atoms with Crippen LogP contribution in [0.1, 0.15) is 19.8 Å². The molecule has 1 aliphatic heterocycles. The molecule has 0 aliphatic carbocycles. The van der Waals surface area contributed by atoms with Crippen molar-refractivity contribution in [2.75, 3.05) is 11.9 Å². The van der Waals surface area contributed by atoms with E-state index in [9.17, 15) is 4.79 Å². The lowest BCUT2D eigenvalue weighted by molar-refractivity contribution is -0.119. The van der Waals surface area contributed by atoms with Crippen LogP contribution in [0.4, 0.5) is 5.82 Å². The van der Waals surface area contributed by atoms with Gasteiger partial charge < -0.3 is 15.1 Å². The molecule has 0 saturated carbocycles. The number of rotatable bonds is 4. The monoisotopic (exact) mass is 322 g/mol. The van der Waals surface area contributed by atoms with E-state index in [2.05, 4.69) is 20.6 Å². The quantitative estimate of drug-likeness (QED) is 0.772. The lowest BCUT2D eigenvalue weighted by Gasteiger charge is -2.24. The van der Waals surface area contributed by atoms with E-state index in [4.69, 9.17) is 4.42 Å². The first-order valence-electron chi connectivity index (χ1n) is 7.98. The Morgan fingerprint density at radius 1 is 1.29 bits per heavy atom. The highest BCUT2D eigenvalue weighted by Crippen LogP contribution is 2.30. The largest absolute Gasteiger partial charge is 0.438 e. The van der Waals surface area contributed by atoms with Gasteiger partial charge in [-0.3, -0.25) is 4.79 Å². The molecule has 3 aromatic rings. The Bertz CT molecular complexity index is 890. The van der Waals surface area contributed by atoms with E-state index in [1.54, 1.807) is 0 Å². The lowest BCUT2D eigenvalue weighted by Crippen LogP contribution is -2.44. The molecule has 3 heterocycles. The fraction of sp³-hybridized carbons (Fsp3) is 0.278. The van der Waals surface area contributed by atoms with Gasteiger partial charge >= 0.3 is 0 Å². The summed E-state index contributed by atoms with van der Waals surface area (Å²) in [4.78, 5) is 20.0. The molecule has 1 saturated heterocycles. The molecule has 1 aromatic carbocycles. The Morgan fingerprint density at radius 2 is 2.12 bits per heavy atom. The first-order valence-corrected chi connectivity index (χ1v) is 7.98. The van der Waals surface area contributed by atoms with E-state index in [1.807, 2.05) is 43.3 Å². The van der Waals surface area contributed by atoms with Crippen LogP contribution in [0.2, 0.25) is 0 Å². The zero-order valence-electron chi connectivity index (χ0n) is 13.4. The summed E-state index contributed by atoms with van der Waals surface area (Å²) < 4.78 is 5.85. The predicted molar refractivity (Wildman–Crippen MR) is 91.5 cm³/mol. The zero-order chi connectivity index (χ0) is 16.6. The minimum atomic E-state index is -0.250. The summed E-state index contributed by atoms with van der Waals surface area (Å²) in [7, 11) is 0. The van der Waals surface area contributed by atoms with Crippen LogP contribution in [0.15, 0.2) is 47.1 Å². The van der Waals surface area contributed by atoms with E-state index in [1.165, 1.54) is 6.33 Å². The number of carbonyl (C=O) groups excluding carboxylic acids is 1. The Morgan fingerprint density at radius 3 is 2.88 bits per heavy atom. The van der Waals surface area contributed by atoms with Gasteiger partial charge in [0, 0.05) is 18.5 Å². The Hall–Kier alpha value is -2.89. The number of nitrogens with zero attached hydrogens (tertiary/aromatic N) is 2. The van der Waals surface area contributed by atoms with Crippen molar-refractivity contribution >= 4 is 22.8 Å². The molecule has 24 heavy (non-hydrogen) atoms. The Kier molecular flexibility index (Phi) is 3.45. The van der Waals surface area contributed by atoms with Gasteiger partial charge in [0.1, 0.15) is 17.9 Å². The number of carbonyl (C=O) groups is 1. The fourth-order valence-corrected chi connectivity index (χ4v) is 3.00. The normalized spacial score (nSPS) is 20.3. The molecule has 1 aliphatic rings. The van der Waals surface area contributed by atoms with E-state index >= 15 is 0 Å². The third-order valence-electron chi connectivity index (χ3n) is 4.38. The number of hydrogen-bond acceptors (Lipinski definition) is 5. The van der Waals surface area contributed by atoms with E-state index in [-0.39, 0.29) is 11.4 Å². The molecule has 1 atom stereocenters. The Balaban J connectivity index is 1.62. The number of furan rings is 1. The zero-order valence-corrected chi connectivity index (χ0v) is 13.4. The molecular weight excluding hydrogens is 304 g/mol. The molecule has 0 radical (unpaired) electrons. The van der Waals surface area contributed by atoms with E-state index in [0.29, 0.717) is 24.5 Å². The van der Waals surface area contributed by atoms with Crippen molar-refractivity contribution in [3.05, 3.63) is 42.7 Å². The molecule has 6 nitrogen and oxygen atoms in total. The van der Waals surface area contributed by atoms with Gasteiger partial charge in [0.25, 0.3) is 0 Å². The van der Waals surface area contributed by atoms with Gasteiger partial charge in [0.15, 0.2) is 0 Å². The second kappa shape index (κ2) is 5.63. The number of amides is 1. The van der Waals surface area contributed by atoms with Crippen LogP contribution in [0, 0.1) is 0 Å². The summed E-state index contributed by atoms with van der Waals surface area (Å²) in [6, 6.07) is 11.8. The van der Waals surface area contributed by atoms with Gasteiger partial charge in [-0.2, -0.15) is 0 Å². The average Bonchev–Trinajstić information content (AvgIpc) is 3.18. The van der Waals surface area contributed by atoms with Crippen LogP contribution in [-0.2, 0) is 4.79 Å². The van der Waals surface area contributed by atoms with Crippen molar-refractivity contribution in [2.24, 2.45) is 0 Å². The fourth-order valence-electron chi connectivity index (χ4n) is 3.00. The van der Waals surface area contributed by atoms with Gasteiger partial charge in [-0.05, 0) is 19.4 Å².